The van der Waals surface area contributed by atoms with Crippen LogP contribution in [0.25, 0.3) is 65.7 Å². The third kappa shape index (κ3) is 4.35. The minimum absolute atomic E-state index is 0.647. The van der Waals surface area contributed by atoms with Crippen LogP contribution in [-0.4, -0.2) is 0 Å². The fourth-order valence-corrected chi connectivity index (χ4v) is 5.97. The average Bonchev–Trinajstić information content (AvgIpc) is 2.99. The van der Waals surface area contributed by atoms with Gasteiger partial charge in [0, 0.05) is 0 Å². The van der Waals surface area contributed by atoms with Gasteiger partial charge in [0.1, 0.15) is 0 Å². The van der Waals surface area contributed by atoms with E-state index in [1.165, 1.54) is 16.3 Å². The lowest BCUT2D eigenvalue weighted by atomic mass is 9.83. The predicted octanol–water partition coefficient (Wildman–Crippen LogP) is 11.5. The molecule has 0 amide bonds. The van der Waals surface area contributed by atoms with E-state index in [-0.39, 0.29) is 0 Å². The van der Waals surface area contributed by atoms with Crippen LogP contribution in [0, 0.1) is 6.92 Å². The molecule has 7 aromatic carbocycles. The maximum atomic E-state index is 13.3. The second-order valence-corrected chi connectivity index (χ2v) is 10.5. The Morgan fingerprint density at radius 2 is 1.00 bits per heavy atom. The van der Waals surface area contributed by atoms with Crippen LogP contribution in [0.2, 0.25) is 0 Å². The lowest BCUT2D eigenvalue weighted by Gasteiger charge is -2.20. The molecule has 41 heavy (non-hydrogen) atoms. The van der Waals surface area contributed by atoms with Crippen LogP contribution >= 0.6 is 0 Å². The van der Waals surface area contributed by atoms with E-state index in [1.54, 1.807) is 12.1 Å². The Kier molecular flexibility index (Phi) is 5.90. The maximum Gasteiger partial charge on any atom is 0.416 e. The van der Waals surface area contributed by atoms with Gasteiger partial charge in [-0.3, -0.25) is 0 Å². The summed E-state index contributed by atoms with van der Waals surface area (Å²) in [5, 5.41) is 6.81. The highest BCUT2D eigenvalue weighted by Gasteiger charge is 2.30. The van der Waals surface area contributed by atoms with Crippen molar-refractivity contribution in [3.63, 3.8) is 0 Å². The molecule has 7 rings (SSSR count). The number of halogens is 3. The number of aryl methyl sites for hydroxylation is 1. The standard InChI is InChI=1S/C38H25F3/c1-24-13-15-27(16-14-24)36-32-10-4-5-11-33(32)37(31-12-6-8-26-7-2-3-9-30(26)31)34-22-19-28(23-35(34)36)25-17-20-29(21-18-25)38(39,40)41/h2-23H,1H3. The van der Waals surface area contributed by atoms with E-state index in [4.69, 9.17) is 0 Å². The molecule has 0 saturated heterocycles. The first-order valence-electron chi connectivity index (χ1n) is 13.6. The molecule has 0 aliphatic carbocycles. The Bertz CT molecular complexity index is 2060. The van der Waals surface area contributed by atoms with Crippen molar-refractivity contribution in [2.75, 3.05) is 0 Å². The zero-order valence-corrected chi connectivity index (χ0v) is 22.3. The molecule has 0 unspecified atom stereocenters. The van der Waals surface area contributed by atoms with Gasteiger partial charge < -0.3 is 0 Å². The molecule has 0 heterocycles. The lowest BCUT2D eigenvalue weighted by Crippen LogP contribution is -2.03. The van der Waals surface area contributed by atoms with Gasteiger partial charge in [0.2, 0.25) is 0 Å². The Labute approximate surface area is 236 Å². The lowest BCUT2D eigenvalue weighted by molar-refractivity contribution is -0.137. The molecular formula is C38H25F3. The Balaban J connectivity index is 1.59. The summed E-state index contributed by atoms with van der Waals surface area (Å²) in [6, 6.07) is 43.6. The van der Waals surface area contributed by atoms with Crippen molar-refractivity contribution < 1.29 is 13.2 Å². The van der Waals surface area contributed by atoms with Gasteiger partial charge in [-0.25, -0.2) is 0 Å². The summed E-state index contributed by atoms with van der Waals surface area (Å²) < 4.78 is 39.8. The monoisotopic (exact) mass is 538 g/mol. The molecule has 0 aliphatic heterocycles. The molecule has 7 aromatic rings. The summed E-state index contributed by atoms with van der Waals surface area (Å²) in [5.41, 5.74) is 6.68. The number of hydrogen-bond donors (Lipinski definition) is 0. The largest absolute Gasteiger partial charge is 0.416 e. The fourth-order valence-electron chi connectivity index (χ4n) is 5.97. The zero-order chi connectivity index (χ0) is 28.1. The first kappa shape index (κ1) is 25.1. The highest BCUT2D eigenvalue weighted by Crippen LogP contribution is 2.46. The molecule has 0 aromatic heterocycles. The van der Waals surface area contributed by atoms with Crippen LogP contribution in [0.15, 0.2) is 133 Å². The van der Waals surface area contributed by atoms with Crippen molar-refractivity contribution >= 4 is 32.3 Å². The van der Waals surface area contributed by atoms with Gasteiger partial charge in [0.05, 0.1) is 5.56 Å². The van der Waals surface area contributed by atoms with Crippen LogP contribution in [0.1, 0.15) is 11.1 Å². The molecule has 0 atom stereocenters. The minimum atomic E-state index is -4.37. The number of hydrogen-bond acceptors (Lipinski definition) is 0. The summed E-state index contributed by atoms with van der Waals surface area (Å²) in [6.45, 7) is 2.08. The average molecular weight is 539 g/mol. The highest BCUT2D eigenvalue weighted by molar-refractivity contribution is 6.24. The van der Waals surface area contributed by atoms with Gasteiger partial charge in [-0.05, 0) is 90.8 Å². The summed E-state index contributed by atoms with van der Waals surface area (Å²) in [4.78, 5) is 0. The SMILES string of the molecule is Cc1ccc(-c2c3ccccc3c(-c3cccc4ccccc34)c3ccc(-c4ccc(C(F)(F)F)cc4)cc23)cc1. The summed E-state index contributed by atoms with van der Waals surface area (Å²) in [5.74, 6) is 0. The topological polar surface area (TPSA) is 0 Å². The second kappa shape index (κ2) is 9.64. The molecule has 198 valence electrons. The minimum Gasteiger partial charge on any atom is -0.166 e. The van der Waals surface area contributed by atoms with E-state index >= 15 is 0 Å². The van der Waals surface area contributed by atoms with Crippen molar-refractivity contribution in [1.82, 2.24) is 0 Å². The van der Waals surface area contributed by atoms with Crippen LogP contribution in [0.4, 0.5) is 13.2 Å². The fraction of sp³-hybridized carbons (Fsp3) is 0.0526. The molecule has 0 nitrogen and oxygen atoms in total. The molecular weight excluding hydrogens is 513 g/mol. The van der Waals surface area contributed by atoms with Crippen molar-refractivity contribution in [2.24, 2.45) is 0 Å². The van der Waals surface area contributed by atoms with E-state index in [0.717, 1.165) is 67.1 Å². The van der Waals surface area contributed by atoms with Crippen LogP contribution in [0.5, 0.6) is 0 Å². The van der Waals surface area contributed by atoms with Gasteiger partial charge >= 0.3 is 6.18 Å². The number of fused-ring (bicyclic) bond motifs is 3. The zero-order valence-electron chi connectivity index (χ0n) is 22.3. The summed E-state index contributed by atoms with van der Waals surface area (Å²) in [6.07, 6.45) is -4.37. The van der Waals surface area contributed by atoms with Crippen LogP contribution < -0.4 is 0 Å². The van der Waals surface area contributed by atoms with Crippen molar-refractivity contribution in [1.29, 1.82) is 0 Å². The summed E-state index contributed by atoms with van der Waals surface area (Å²) in [7, 11) is 0. The second-order valence-electron chi connectivity index (χ2n) is 10.5. The highest BCUT2D eigenvalue weighted by atomic mass is 19.4. The van der Waals surface area contributed by atoms with Crippen molar-refractivity contribution in [2.45, 2.75) is 13.1 Å². The predicted molar refractivity (Wildman–Crippen MR) is 165 cm³/mol. The smallest absolute Gasteiger partial charge is 0.166 e. The third-order valence-electron chi connectivity index (χ3n) is 7.97. The van der Waals surface area contributed by atoms with Gasteiger partial charge in [-0.2, -0.15) is 13.2 Å². The quantitative estimate of drug-likeness (QED) is 0.196. The van der Waals surface area contributed by atoms with Crippen molar-refractivity contribution in [3.05, 3.63) is 145 Å². The Hall–Kier alpha value is -4.89. The molecule has 0 N–H and O–H groups in total. The van der Waals surface area contributed by atoms with E-state index in [9.17, 15) is 13.2 Å². The van der Waals surface area contributed by atoms with Gasteiger partial charge in [-0.1, -0.05) is 121 Å². The molecule has 0 fully saturated rings. The molecule has 0 bridgehead atoms. The van der Waals surface area contributed by atoms with Crippen LogP contribution in [-0.2, 0) is 6.18 Å². The Morgan fingerprint density at radius 3 is 1.71 bits per heavy atom. The van der Waals surface area contributed by atoms with E-state index < -0.39 is 11.7 Å². The van der Waals surface area contributed by atoms with Crippen molar-refractivity contribution in [3.8, 4) is 33.4 Å². The van der Waals surface area contributed by atoms with E-state index in [1.807, 2.05) is 6.07 Å². The normalized spacial score (nSPS) is 11.9. The molecule has 0 radical (unpaired) electrons. The van der Waals surface area contributed by atoms with Gasteiger partial charge in [-0.15, -0.1) is 0 Å². The third-order valence-corrected chi connectivity index (χ3v) is 7.97. The Morgan fingerprint density at radius 1 is 0.439 bits per heavy atom. The molecule has 3 heteroatoms. The first-order valence-corrected chi connectivity index (χ1v) is 13.6. The van der Waals surface area contributed by atoms with Crippen LogP contribution in [0.3, 0.4) is 0 Å². The maximum absolute atomic E-state index is 13.3. The summed E-state index contributed by atoms with van der Waals surface area (Å²) >= 11 is 0. The van der Waals surface area contributed by atoms with Gasteiger partial charge in [0.15, 0.2) is 0 Å². The molecule has 0 spiro atoms. The molecule has 0 saturated carbocycles. The first-order chi connectivity index (χ1) is 19.9. The number of rotatable bonds is 3. The number of benzene rings is 7. The molecule has 0 aliphatic rings. The number of alkyl halides is 3. The van der Waals surface area contributed by atoms with E-state index in [0.29, 0.717) is 0 Å². The van der Waals surface area contributed by atoms with E-state index in [2.05, 4.69) is 110 Å². The van der Waals surface area contributed by atoms with Gasteiger partial charge in [0.25, 0.3) is 0 Å².